The third-order valence-electron chi connectivity index (χ3n) is 5.39. The zero-order valence-corrected chi connectivity index (χ0v) is 17.8. The van der Waals surface area contributed by atoms with Crippen LogP contribution < -0.4 is 4.74 Å². The number of rotatable bonds is 3. The van der Waals surface area contributed by atoms with E-state index in [1.807, 2.05) is 19.1 Å². The Morgan fingerprint density at radius 3 is 2.57 bits per heavy atom. The highest BCUT2D eigenvalue weighted by Gasteiger charge is 2.24. The standard InChI is InChI=1S/C22H21N3OS2/c1-12-23-19-18-17(13-8-10-14(26-2)11-9-13)15-6-4-5-7-16(15)25-21(18)28-20(19)22(24-12)27-3/h8-11H,4-7H2,1-3H3. The minimum atomic E-state index is 0.815. The van der Waals surface area contributed by atoms with Crippen LogP contribution in [0.15, 0.2) is 29.3 Å². The van der Waals surface area contributed by atoms with Gasteiger partial charge in [-0.05, 0) is 67.7 Å². The van der Waals surface area contributed by atoms with Crippen molar-refractivity contribution in [1.29, 1.82) is 0 Å². The largest absolute Gasteiger partial charge is 0.497 e. The summed E-state index contributed by atoms with van der Waals surface area (Å²) in [6.45, 7) is 1.97. The Bertz CT molecular complexity index is 1200. The summed E-state index contributed by atoms with van der Waals surface area (Å²) in [5.41, 5.74) is 6.22. The van der Waals surface area contributed by atoms with E-state index in [4.69, 9.17) is 14.7 Å². The van der Waals surface area contributed by atoms with Gasteiger partial charge in [-0.25, -0.2) is 15.0 Å². The van der Waals surface area contributed by atoms with Crippen molar-refractivity contribution < 1.29 is 4.74 Å². The molecule has 3 heterocycles. The van der Waals surface area contributed by atoms with E-state index in [0.717, 1.165) is 44.5 Å². The van der Waals surface area contributed by atoms with E-state index < -0.39 is 0 Å². The molecule has 0 radical (unpaired) electrons. The fraction of sp³-hybridized carbons (Fsp3) is 0.318. The van der Waals surface area contributed by atoms with Gasteiger partial charge in [-0.15, -0.1) is 23.1 Å². The molecule has 1 aromatic carbocycles. The Labute approximate surface area is 172 Å². The third kappa shape index (κ3) is 2.78. The number of aryl methyl sites for hydroxylation is 2. The van der Waals surface area contributed by atoms with Gasteiger partial charge >= 0.3 is 0 Å². The summed E-state index contributed by atoms with van der Waals surface area (Å²) in [4.78, 5) is 15.7. The van der Waals surface area contributed by atoms with E-state index in [0.29, 0.717) is 0 Å². The highest BCUT2D eigenvalue weighted by molar-refractivity contribution is 7.98. The minimum Gasteiger partial charge on any atom is -0.497 e. The predicted octanol–water partition coefficient (Wildman–Crippen LogP) is 5.82. The van der Waals surface area contributed by atoms with Gasteiger partial charge in [0, 0.05) is 11.1 Å². The van der Waals surface area contributed by atoms with E-state index in [2.05, 4.69) is 23.4 Å². The molecule has 28 heavy (non-hydrogen) atoms. The molecule has 1 aliphatic rings. The normalized spacial score (nSPS) is 13.8. The molecule has 142 valence electrons. The van der Waals surface area contributed by atoms with E-state index in [9.17, 15) is 0 Å². The molecular weight excluding hydrogens is 386 g/mol. The van der Waals surface area contributed by atoms with Crippen molar-refractivity contribution >= 4 is 43.5 Å². The van der Waals surface area contributed by atoms with Gasteiger partial charge in [0.25, 0.3) is 0 Å². The number of pyridine rings is 1. The van der Waals surface area contributed by atoms with E-state index in [-0.39, 0.29) is 0 Å². The predicted molar refractivity (Wildman–Crippen MR) is 118 cm³/mol. The topological polar surface area (TPSA) is 47.9 Å². The van der Waals surface area contributed by atoms with Crippen LogP contribution in [0.3, 0.4) is 0 Å². The molecule has 0 saturated heterocycles. The maximum Gasteiger partial charge on any atom is 0.127 e. The molecule has 0 spiro atoms. The summed E-state index contributed by atoms with van der Waals surface area (Å²) in [5, 5.41) is 2.23. The highest BCUT2D eigenvalue weighted by Crippen LogP contribution is 2.44. The molecule has 3 aromatic heterocycles. The molecular formula is C22H21N3OS2. The second-order valence-corrected chi connectivity index (χ2v) is 8.88. The average molecular weight is 408 g/mol. The number of hydrogen-bond acceptors (Lipinski definition) is 6. The Balaban J connectivity index is 1.92. The lowest BCUT2D eigenvalue weighted by molar-refractivity contribution is 0.415. The molecule has 0 N–H and O–H groups in total. The summed E-state index contributed by atoms with van der Waals surface area (Å²) in [6.07, 6.45) is 6.65. The number of methoxy groups -OCH3 is 1. The van der Waals surface area contributed by atoms with Gasteiger partial charge in [-0.1, -0.05) is 12.1 Å². The van der Waals surface area contributed by atoms with E-state index >= 15 is 0 Å². The quantitative estimate of drug-likeness (QED) is 0.316. The van der Waals surface area contributed by atoms with Crippen LogP contribution in [-0.4, -0.2) is 28.3 Å². The van der Waals surface area contributed by atoms with Crippen LogP contribution in [0.2, 0.25) is 0 Å². The summed E-state index contributed by atoms with van der Waals surface area (Å²) in [5.74, 6) is 1.69. The van der Waals surface area contributed by atoms with Gasteiger partial charge in [0.05, 0.1) is 17.3 Å². The Morgan fingerprint density at radius 2 is 1.82 bits per heavy atom. The molecule has 0 amide bonds. The number of benzene rings is 1. The summed E-state index contributed by atoms with van der Waals surface area (Å²) in [6, 6.07) is 8.41. The Morgan fingerprint density at radius 1 is 1.04 bits per heavy atom. The first-order valence-corrected chi connectivity index (χ1v) is 11.5. The number of thiophene rings is 1. The van der Waals surface area contributed by atoms with Crippen LogP contribution in [0.25, 0.3) is 31.6 Å². The van der Waals surface area contributed by atoms with Gasteiger partial charge in [0.2, 0.25) is 0 Å². The van der Waals surface area contributed by atoms with Crippen molar-refractivity contribution in [3.8, 4) is 16.9 Å². The second-order valence-electron chi connectivity index (χ2n) is 7.09. The van der Waals surface area contributed by atoms with Crippen LogP contribution in [0, 0.1) is 6.92 Å². The Kier molecular flexibility index (Phi) is 4.48. The molecule has 4 nitrogen and oxygen atoms in total. The summed E-state index contributed by atoms with van der Waals surface area (Å²) < 4.78 is 6.52. The smallest absolute Gasteiger partial charge is 0.127 e. The lowest BCUT2D eigenvalue weighted by atomic mass is 9.87. The number of ether oxygens (including phenoxy) is 1. The number of fused-ring (bicyclic) bond motifs is 4. The molecule has 0 saturated carbocycles. The fourth-order valence-corrected chi connectivity index (χ4v) is 6.03. The zero-order chi connectivity index (χ0) is 19.3. The molecule has 0 aliphatic heterocycles. The average Bonchev–Trinajstić information content (AvgIpc) is 3.09. The number of hydrogen-bond donors (Lipinski definition) is 0. The molecule has 5 rings (SSSR count). The highest BCUT2D eigenvalue weighted by atomic mass is 32.2. The first-order valence-electron chi connectivity index (χ1n) is 9.50. The lowest BCUT2D eigenvalue weighted by Gasteiger charge is -2.20. The molecule has 0 bridgehead atoms. The Hall–Kier alpha value is -2.18. The fourth-order valence-electron chi connectivity index (χ4n) is 4.12. The van der Waals surface area contributed by atoms with Crippen molar-refractivity contribution in [3.63, 3.8) is 0 Å². The van der Waals surface area contributed by atoms with Gasteiger partial charge < -0.3 is 4.74 Å². The number of aromatic nitrogens is 3. The first kappa shape index (κ1) is 17.9. The lowest BCUT2D eigenvalue weighted by Crippen LogP contribution is -2.07. The van der Waals surface area contributed by atoms with Crippen molar-refractivity contribution in [2.45, 2.75) is 37.6 Å². The summed E-state index contributed by atoms with van der Waals surface area (Å²) in [7, 11) is 1.71. The molecule has 0 atom stereocenters. The van der Waals surface area contributed by atoms with Gasteiger partial charge in [0.1, 0.15) is 21.4 Å². The monoisotopic (exact) mass is 407 g/mol. The van der Waals surface area contributed by atoms with Crippen molar-refractivity contribution in [3.05, 3.63) is 41.3 Å². The first-order chi connectivity index (χ1) is 13.7. The van der Waals surface area contributed by atoms with Gasteiger partial charge in [-0.2, -0.15) is 0 Å². The van der Waals surface area contributed by atoms with E-state index in [1.165, 1.54) is 40.6 Å². The van der Waals surface area contributed by atoms with Gasteiger partial charge in [0.15, 0.2) is 0 Å². The summed E-state index contributed by atoms with van der Waals surface area (Å²) >= 11 is 3.41. The van der Waals surface area contributed by atoms with Crippen LogP contribution in [-0.2, 0) is 12.8 Å². The van der Waals surface area contributed by atoms with Crippen molar-refractivity contribution in [2.24, 2.45) is 0 Å². The maximum atomic E-state index is 5.37. The minimum absolute atomic E-state index is 0.815. The van der Waals surface area contributed by atoms with Crippen molar-refractivity contribution in [2.75, 3.05) is 13.4 Å². The molecule has 0 unspecified atom stereocenters. The number of nitrogens with zero attached hydrogens (tertiary/aromatic N) is 3. The zero-order valence-electron chi connectivity index (χ0n) is 16.2. The molecule has 0 fully saturated rings. The second kappa shape index (κ2) is 7.01. The molecule has 1 aliphatic carbocycles. The number of thioether (sulfide) groups is 1. The van der Waals surface area contributed by atoms with E-state index in [1.54, 1.807) is 30.2 Å². The molecule has 6 heteroatoms. The van der Waals surface area contributed by atoms with Crippen LogP contribution in [0.1, 0.15) is 29.9 Å². The molecule has 4 aromatic rings. The maximum absolute atomic E-state index is 5.37. The van der Waals surface area contributed by atoms with Gasteiger partial charge in [-0.3, -0.25) is 0 Å². The van der Waals surface area contributed by atoms with Crippen molar-refractivity contribution in [1.82, 2.24) is 15.0 Å². The third-order valence-corrected chi connectivity index (χ3v) is 7.29. The van der Waals surface area contributed by atoms with Crippen LogP contribution in [0.5, 0.6) is 5.75 Å². The SMILES string of the molecule is COc1ccc(-c2c3c(nc4sc5c(SC)nc(C)nc5c24)CCCC3)cc1. The van der Waals surface area contributed by atoms with Crippen LogP contribution in [0.4, 0.5) is 0 Å². The van der Waals surface area contributed by atoms with Crippen LogP contribution >= 0.6 is 23.1 Å².